The fraction of sp³-hybridized carbons (Fsp3) is 0.583. The molecular formula is C12H17BrN2O2. The molecule has 1 amide bonds. The van der Waals surface area contributed by atoms with E-state index in [9.17, 15) is 4.79 Å². The highest BCUT2D eigenvalue weighted by Gasteiger charge is 2.27. The van der Waals surface area contributed by atoms with Crippen LogP contribution in [0.1, 0.15) is 42.7 Å². The summed E-state index contributed by atoms with van der Waals surface area (Å²) in [4.78, 5) is 12.1. The van der Waals surface area contributed by atoms with Gasteiger partial charge in [-0.1, -0.05) is 0 Å². The Labute approximate surface area is 109 Å². The maximum Gasteiger partial charge on any atom is 0.268 e. The molecule has 94 valence electrons. The number of aromatic nitrogens is 1. The van der Waals surface area contributed by atoms with Crippen LogP contribution in [0.2, 0.25) is 0 Å². The molecule has 1 aliphatic carbocycles. The van der Waals surface area contributed by atoms with Gasteiger partial charge in [-0.25, -0.2) is 0 Å². The molecule has 1 aromatic heterocycles. The monoisotopic (exact) mass is 300 g/mol. The summed E-state index contributed by atoms with van der Waals surface area (Å²) in [5.41, 5.74) is 0.698. The van der Waals surface area contributed by atoms with E-state index in [1.165, 1.54) is 0 Å². The zero-order chi connectivity index (χ0) is 12.4. The molecule has 0 aliphatic heterocycles. The number of carbonyl (C=O) groups is 1. The van der Waals surface area contributed by atoms with Crippen molar-refractivity contribution in [2.45, 2.75) is 38.3 Å². The molecular weight excluding hydrogens is 284 g/mol. The lowest BCUT2D eigenvalue weighted by Crippen LogP contribution is -2.34. The number of amides is 1. The average Bonchev–Trinajstić information content (AvgIpc) is 3.02. The van der Waals surface area contributed by atoms with E-state index < -0.39 is 0 Å². The lowest BCUT2D eigenvalue weighted by molar-refractivity contribution is 0.0925. The second-order valence-corrected chi connectivity index (χ2v) is 5.48. The van der Waals surface area contributed by atoms with Gasteiger partial charge >= 0.3 is 0 Å². The van der Waals surface area contributed by atoms with Gasteiger partial charge in [0.05, 0.1) is 0 Å². The highest BCUT2D eigenvalue weighted by atomic mass is 79.9. The van der Waals surface area contributed by atoms with Gasteiger partial charge in [-0.15, -0.1) is 0 Å². The van der Waals surface area contributed by atoms with Gasteiger partial charge in [0.15, 0.2) is 0 Å². The number of nitrogens with zero attached hydrogens (tertiary/aromatic N) is 1. The van der Waals surface area contributed by atoms with Crippen molar-refractivity contribution in [1.29, 1.82) is 0 Å². The number of aliphatic hydroxyl groups excluding tert-OH is 1. The predicted octanol–water partition coefficient (Wildman–Crippen LogP) is 2.09. The van der Waals surface area contributed by atoms with Gasteiger partial charge < -0.3 is 15.0 Å². The molecule has 1 saturated carbocycles. The van der Waals surface area contributed by atoms with Gasteiger partial charge in [0.25, 0.3) is 5.91 Å². The molecule has 0 aromatic carbocycles. The molecule has 0 radical (unpaired) electrons. The van der Waals surface area contributed by atoms with E-state index in [1.807, 2.05) is 23.8 Å². The van der Waals surface area contributed by atoms with Crippen molar-refractivity contribution >= 4 is 21.8 Å². The first-order chi connectivity index (χ1) is 8.11. The Morgan fingerprint density at radius 2 is 2.41 bits per heavy atom. The molecule has 4 nitrogen and oxygen atoms in total. The largest absolute Gasteiger partial charge is 0.396 e. The predicted molar refractivity (Wildman–Crippen MR) is 69.0 cm³/mol. The standard InChI is InChI=1S/C12H17BrN2O2/c1-8(4-5-16)14-12(17)11-6-9(13)7-15(11)10-2-3-10/h6-8,10,16H,2-5H2,1H3,(H,14,17). The Balaban J connectivity index is 2.07. The smallest absolute Gasteiger partial charge is 0.268 e. The molecule has 1 atom stereocenters. The van der Waals surface area contributed by atoms with E-state index in [0.29, 0.717) is 18.2 Å². The molecule has 1 aliphatic rings. The minimum atomic E-state index is -0.0662. The number of nitrogens with one attached hydrogen (secondary N) is 1. The van der Waals surface area contributed by atoms with Crippen LogP contribution in [0.15, 0.2) is 16.7 Å². The van der Waals surface area contributed by atoms with Crippen molar-refractivity contribution in [3.05, 3.63) is 22.4 Å². The lowest BCUT2D eigenvalue weighted by Gasteiger charge is -2.13. The normalized spacial score (nSPS) is 16.9. The van der Waals surface area contributed by atoms with Crippen LogP contribution in [-0.4, -0.2) is 28.2 Å². The molecule has 2 N–H and O–H groups in total. The molecule has 0 spiro atoms. The molecule has 1 aromatic rings. The first kappa shape index (κ1) is 12.6. The summed E-state index contributed by atoms with van der Waals surface area (Å²) in [7, 11) is 0. The zero-order valence-corrected chi connectivity index (χ0v) is 11.4. The Morgan fingerprint density at radius 1 is 1.71 bits per heavy atom. The van der Waals surface area contributed by atoms with Gasteiger partial charge in [0.2, 0.25) is 0 Å². The van der Waals surface area contributed by atoms with Crippen molar-refractivity contribution in [3.8, 4) is 0 Å². The first-order valence-electron chi connectivity index (χ1n) is 5.91. The van der Waals surface area contributed by atoms with E-state index >= 15 is 0 Å². The lowest BCUT2D eigenvalue weighted by atomic mass is 10.2. The van der Waals surface area contributed by atoms with Gasteiger partial charge in [-0.2, -0.15) is 0 Å². The Bertz CT molecular complexity index is 413. The minimum Gasteiger partial charge on any atom is -0.396 e. The summed E-state index contributed by atoms with van der Waals surface area (Å²) in [5.74, 6) is -0.0662. The van der Waals surface area contributed by atoms with Crippen LogP contribution in [0.25, 0.3) is 0 Å². The molecule has 0 bridgehead atoms. The van der Waals surface area contributed by atoms with Crippen molar-refractivity contribution in [2.75, 3.05) is 6.61 Å². The highest BCUT2D eigenvalue weighted by Crippen LogP contribution is 2.37. The van der Waals surface area contributed by atoms with Crippen LogP contribution in [0.5, 0.6) is 0 Å². The molecule has 1 unspecified atom stereocenters. The van der Waals surface area contributed by atoms with E-state index in [0.717, 1.165) is 17.3 Å². The number of rotatable bonds is 5. The number of hydrogen-bond acceptors (Lipinski definition) is 2. The van der Waals surface area contributed by atoms with E-state index in [2.05, 4.69) is 21.2 Å². The van der Waals surface area contributed by atoms with Crippen molar-refractivity contribution in [3.63, 3.8) is 0 Å². The van der Waals surface area contributed by atoms with Crippen LogP contribution >= 0.6 is 15.9 Å². The van der Waals surface area contributed by atoms with E-state index in [-0.39, 0.29) is 18.6 Å². The van der Waals surface area contributed by atoms with Crippen LogP contribution in [0, 0.1) is 0 Å². The van der Waals surface area contributed by atoms with Crippen LogP contribution < -0.4 is 5.32 Å². The topological polar surface area (TPSA) is 54.3 Å². The second kappa shape index (κ2) is 5.23. The maximum atomic E-state index is 12.1. The summed E-state index contributed by atoms with van der Waals surface area (Å²) in [6.07, 6.45) is 4.83. The van der Waals surface area contributed by atoms with Crippen LogP contribution in [0.4, 0.5) is 0 Å². The molecule has 17 heavy (non-hydrogen) atoms. The SMILES string of the molecule is CC(CCO)NC(=O)c1cc(Br)cn1C1CC1. The summed E-state index contributed by atoms with van der Waals surface area (Å²) >= 11 is 3.40. The van der Waals surface area contributed by atoms with Gasteiger partial charge in [0.1, 0.15) is 5.69 Å². The average molecular weight is 301 g/mol. The van der Waals surface area contributed by atoms with E-state index in [4.69, 9.17) is 5.11 Å². The number of aliphatic hydroxyl groups is 1. The Hall–Kier alpha value is -0.810. The van der Waals surface area contributed by atoms with Gasteiger partial charge in [-0.3, -0.25) is 4.79 Å². The third-order valence-corrected chi connectivity index (χ3v) is 3.36. The molecule has 2 rings (SSSR count). The first-order valence-corrected chi connectivity index (χ1v) is 6.70. The fourth-order valence-electron chi connectivity index (χ4n) is 1.85. The number of hydrogen-bond donors (Lipinski definition) is 2. The van der Waals surface area contributed by atoms with Crippen molar-refractivity contribution < 1.29 is 9.90 Å². The van der Waals surface area contributed by atoms with Crippen molar-refractivity contribution in [1.82, 2.24) is 9.88 Å². The maximum absolute atomic E-state index is 12.1. The Morgan fingerprint density at radius 3 is 3.00 bits per heavy atom. The summed E-state index contributed by atoms with van der Waals surface area (Å²) in [6, 6.07) is 2.32. The third kappa shape index (κ3) is 3.10. The van der Waals surface area contributed by atoms with E-state index in [1.54, 1.807) is 0 Å². The number of carbonyl (C=O) groups excluding carboxylic acids is 1. The molecule has 1 heterocycles. The molecule has 0 saturated heterocycles. The van der Waals surface area contributed by atoms with Crippen molar-refractivity contribution in [2.24, 2.45) is 0 Å². The highest BCUT2D eigenvalue weighted by molar-refractivity contribution is 9.10. The zero-order valence-electron chi connectivity index (χ0n) is 9.82. The third-order valence-electron chi connectivity index (χ3n) is 2.93. The van der Waals surface area contributed by atoms with Gasteiger partial charge in [0, 0.05) is 29.4 Å². The summed E-state index contributed by atoms with van der Waals surface area (Å²) in [5, 5.41) is 11.7. The van der Waals surface area contributed by atoms with Crippen LogP contribution in [0.3, 0.4) is 0 Å². The molecule has 5 heteroatoms. The second-order valence-electron chi connectivity index (χ2n) is 4.57. The van der Waals surface area contributed by atoms with Gasteiger partial charge in [-0.05, 0) is 48.2 Å². The minimum absolute atomic E-state index is 0.00571. The fourth-order valence-corrected chi connectivity index (χ4v) is 2.28. The summed E-state index contributed by atoms with van der Waals surface area (Å²) in [6.45, 7) is 1.99. The molecule has 1 fully saturated rings. The Kier molecular flexibility index (Phi) is 3.89. The summed E-state index contributed by atoms with van der Waals surface area (Å²) < 4.78 is 2.97. The van der Waals surface area contributed by atoms with Crippen LogP contribution in [-0.2, 0) is 0 Å². The quantitative estimate of drug-likeness (QED) is 0.875. The number of halogens is 1.